The fraction of sp³-hybridized carbons (Fsp3) is 0.136. The summed E-state index contributed by atoms with van der Waals surface area (Å²) in [5.74, 6) is -2.71. The Morgan fingerprint density at radius 1 is 1.14 bits per heavy atom. The summed E-state index contributed by atoms with van der Waals surface area (Å²) >= 11 is 0.709. The molecule has 0 aliphatic carbocycles. The smallest absolute Gasteiger partial charge is 0.346 e. The minimum atomic E-state index is -4.45. The molecular weight excluding hydrogens is 517 g/mol. The summed E-state index contributed by atoms with van der Waals surface area (Å²) in [5, 5.41) is 10.3. The van der Waals surface area contributed by atoms with Gasteiger partial charge < -0.3 is 19.6 Å². The van der Waals surface area contributed by atoms with Gasteiger partial charge >= 0.3 is 11.7 Å². The lowest BCUT2D eigenvalue weighted by Crippen LogP contribution is -2.35. The molecule has 2 N–H and O–H groups in total. The van der Waals surface area contributed by atoms with Gasteiger partial charge in [-0.25, -0.2) is 27.0 Å². The van der Waals surface area contributed by atoms with Crippen LogP contribution >= 0.6 is 11.3 Å². The number of sulfonamides is 1. The number of halogens is 1. The van der Waals surface area contributed by atoms with Crippen LogP contribution in [0.3, 0.4) is 0 Å². The van der Waals surface area contributed by atoms with E-state index in [1.807, 2.05) is 0 Å². The van der Waals surface area contributed by atoms with Crippen molar-refractivity contribution in [1.29, 1.82) is 0 Å². The van der Waals surface area contributed by atoms with E-state index in [-0.39, 0.29) is 33.0 Å². The Morgan fingerprint density at radius 2 is 1.81 bits per heavy atom. The molecule has 0 fully saturated rings. The first-order chi connectivity index (χ1) is 17.0. The molecule has 2 aromatic carbocycles. The molecule has 2 aromatic heterocycles. The Labute approximate surface area is 206 Å². The molecule has 0 atom stereocenters. The van der Waals surface area contributed by atoms with E-state index in [4.69, 9.17) is 9.47 Å². The number of rotatable bonds is 7. The van der Waals surface area contributed by atoms with E-state index in [1.54, 1.807) is 18.2 Å². The zero-order valence-corrected chi connectivity index (χ0v) is 20.6. The molecule has 11 nitrogen and oxygen atoms in total. The average Bonchev–Trinajstić information content (AvgIpc) is 3.28. The van der Waals surface area contributed by atoms with Crippen molar-refractivity contribution in [3.05, 3.63) is 73.3 Å². The van der Waals surface area contributed by atoms with E-state index >= 15 is 4.39 Å². The zero-order valence-electron chi connectivity index (χ0n) is 18.9. The highest BCUT2D eigenvalue weighted by Gasteiger charge is 2.30. The number of methoxy groups -OCH3 is 2. The Bertz CT molecular complexity index is 1740. The van der Waals surface area contributed by atoms with Crippen LogP contribution in [-0.2, 0) is 10.0 Å². The molecule has 4 aromatic rings. The van der Waals surface area contributed by atoms with Crippen molar-refractivity contribution in [3.8, 4) is 17.2 Å². The molecule has 2 heterocycles. The summed E-state index contributed by atoms with van der Waals surface area (Å²) in [5.41, 5.74) is -2.81. The first-order valence-corrected chi connectivity index (χ1v) is 12.3. The van der Waals surface area contributed by atoms with Crippen LogP contribution in [0.4, 0.5) is 10.1 Å². The minimum absolute atomic E-state index is 0.0404. The summed E-state index contributed by atoms with van der Waals surface area (Å²) in [6, 6.07) is 7.77. The monoisotopic (exact) mass is 535 g/mol. The van der Waals surface area contributed by atoms with Crippen LogP contribution in [0.25, 0.3) is 16.6 Å². The number of benzene rings is 2. The summed E-state index contributed by atoms with van der Waals surface area (Å²) in [4.78, 5) is 38.8. The van der Waals surface area contributed by atoms with Crippen LogP contribution in [0.1, 0.15) is 9.67 Å². The second kappa shape index (κ2) is 9.13. The Hall–Kier alpha value is -4.17. The van der Waals surface area contributed by atoms with Crippen molar-refractivity contribution in [2.45, 2.75) is 4.90 Å². The number of carboxylic acid groups (broad SMARTS) is 1. The van der Waals surface area contributed by atoms with E-state index in [0.29, 0.717) is 15.9 Å². The first kappa shape index (κ1) is 24.9. The Morgan fingerprint density at radius 3 is 2.44 bits per heavy atom. The zero-order chi connectivity index (χ0) is 26.4. The van der Waals surface area contributed by atoms with Crippen LogP contribution in [0, 0.1) is 5.82 Å². The lowest BCUT2D eigenvalue weighted by Gasteiger charge is -2.23. The van der Waals surface area contributed by atoms with Gasteiger partial charge in [-0.1, -0.05) is 12.1 Å². The normalized spacial score (nSPS) is 11.4. The fourth-order valence-electron chi connectivity index (χ4n) is 3.64. The standard InChI is InChI=1S/C22H18FN3O8S2/c1-25(13-6-4-5-7-15(13)33-2)36(31,32)17-9-14(11(23)8-16(17)34-3)26-20(27)18-12(24-22(26)30)10-35-19(18)21(28)29/h4-10H,1-3H3,(H,24,30)(H,28,29). The number of carboxylic acids is 1. The SMILES string of the molecule is COc1ccccc1N(C)S(=O)(=O)c1cc(-n2c(=O)[nH]c3csc(C(=O)O)c3c2=O)c(F)cc1OC. The van der Waals surface area contributed by atoms with E-state index in [1.165, 1.54) is 25.6 Å². The number of aromatic carboxylic acids is 1. The number of ether oxygens (including phenoxy) is 2. The van der Waals surface area contributed by atoms with Gasteiger partial charge in [-0.3, -0.25) is 9.10 Å². The van der Waals surface area contributed by atoms with Crippen LogP contribution in [-0.4, -0.2) is 50.3 Å². The third-order valence-corrected chi connectivity index (χ3v) is 8.14. The molecule has 0 spiro atoms. The van der Waals surface area contributed by atoms with Crippen molar-refractivity contribution in [3.63, 3.8) is 0 Å². The summed E-state index contributed by atoms with van der Waals surface area (Å²) in [6.07, 6.45) is 0. The van der Waals surface area contributed by atoms with Crippen molar-refractivity contribution < 1.29 is 32.2 Å². The van der Waals surface area contributed by atoms with Crippen LogP contribution in [0.2, 0.25) is 0 Å². The van der Waals surface area contributed by atoms with Gasteiger partial charge in [-0.05, 0) is 18.2 Å². The van der Waals surface area contributed by atoms with Gasteiger partial charge in [0.05, 0.1) is 36.5 Å². The molecule has 0 amide bonds. The number of H-pyrrole nitrogens is 1. The van der Waals surface area contributed by atoms with Crippen molar-refractivity contribution in [2.75, 3.05) is 25.6 Å². The first-order valence-electron chi connectivity index (χ1n) is 10.0. The predicted octanol–water partition coefficient (Wildman–Crippen LogP) is 2.42. The van der Waals surface area contributed by atoms with Crippen LogP contribution in [0.15, 0.2) is 56.3 Å². The number of anilines is 1. The lowest BCUT2D eigenvalue weighted by molar-refractivity contribution is 0.0704. The molecule has 4 rings (SSSR count). The molecule has 0 aliphatic rings. The second-order valence-corrected chi connectivity index (χ2v) is 10.1. The number of para-hydroxylation sites is 2. The number of thiophene rings is 1. The molecule has 0 aliphatic heterocycles. The number of aromatic nitrogens is 2. The highest BCUT2D eigenvalue weighted by Crippen LogP contribution is 2.35. The van der Waals surface area contributed by atoms with Gasteiger partial charge in [0, 0.05) is 18.5 Å². The largest absolute Gasteiger partial charge is 0.495 e. The van der Waals surface area contributed by atoms with E-state index in [0.717, 1.165) is 23.5 Å². The number of nitrogens with one attached hydrogen (secondary N) is 1. The molecular formula is C22H18FN3O8S2. The molecule has 14 heteroatoms. The highest BCUT2D eigenvalue weighted by atomic mass is 32.2. The van der Waals surface area contributed by atoms with E-state index in [2.05, 4.69) is 4.98 Å². The molecule has 0 saturated carbocycles. The van der Waals surface area contributed by atoms with Gasteiger partial charge in [0.25, 0.3) is 15.6 Å². The number of hydrogen-bond donors (Lipinski definition) is 2. The maximum atomic E-state index is 15.1. The maximum absolute atomic E-state index is 15.1. The summed E-state index contributed by atoms with van der Waals surface area (Å²) < 4.78 is 53.8. The van der Waals surface area contributed by atoms with E-state index in [9.17, 15) is 27.9 Å². The van der Waals surface area contributed by atoms with Crippen LogP contribution in [0.5, 0.6) is 11.5 Å². The van der Waals surface area contributed by atoms with Gasteiger partial charge in [0.2, 0.25) is 0 Å². The average molecular weight is 536 g/mol. The maximum Gasteiger partial charge on any atom is 0.346 e. The van der Waals surface area contributed by atoms with Gasteiger partial charge in [-0.15, -0.1) is 11.3 Å². The minimum Gasteiger partial charge on any atom is -0.495 e. The Kier molecular flexibility index (Phi) is 6.32. The van der Waals surface area contributed by atoms with Crippen molar-refractivity contribution >= 4 is 43.9 Å². The number of nitrogens with zero attached hydrogens (tertiary/aromatic N) is 2. The molecule has 188 valence electrons. The quantitative estimate of drug-likeness (QED) is 0.367. The highest BCUT2D eigenvalue weighted by molar-refractivity contribution is 7.93. The van der Waals surface area contributed by atoms with Gasteiger partial charge in [0.1, 0.15) is 21.3 Å². The summed E-state index contributed by atoms with van der Waals surface area (Å²) in [6.45, 7) is 0. The third kappa shape index (κ3) is 3.89. The number of carbonyl (C=O) groups is 1. The topological polar surface area (TPSA) is 148 Å². The molecule has 0 radical (unpaired) electrons. The lowest BCUT2D eigenvalue weighted by atomic mass is 10.2. The third-order valence-electron chi connectivity index (χ3n) is 5.38. The molecule has 0 saturated heterocycles. The van der Waals surface area contributed by atoms with Crippen molar-refractivity contribution in [1.82, 2.24) is 9.55 Å². The molecule has 36 heavy (non-hydrogen) atoms. The Balaban J connectivity index is 2.00. The number of aromatic amines is 1. The molecule has 0 unspecified atom stereocenters. The second-order valence-electron chi connectivity index (χ2n) is 7.33. The number of fused-ring (bicyclic) bond motifs is 1. The van der Waals surface area contributed by atoms with E-state index < -0.39 is 43.6 Å². The fourth-order valence-corrected chi connectivity index (χ4v) is 5.83. The van der Waals surface area contributed by atoms with Gasteiger partial charge in [0.15, 0.2) is 5.82 Å². The number of hydrogen-bond acceptors (Lipinski definition) is 8. The summed E-state index contributed by atoms with van der Waals surface area (Å²) in [7, 11) is -0.718. The molecule has 0 bridgehead atoms. The van der Waals surface area contributed by atoms with Crippen molar-refractivity contribution in [2.24, 2.45) is 0 Å². The van der Waals surface area contributed by atoms with Gasteiger partial charge in [-0.2, -0.15) is 0 Å². The van der Waals surface area contributed by atoms with Crippen LogP contribution < -0.4 is 25.0 Å². The predicted molar refractivity (Wildman–Crippen MR) is 130 cm³/mol.